The van der Waals surface area contributed by atoms with Crippen molar-refractivity contribution in [3.05, 3.63) is 59.7 Å². The van der Waals surface area contributed by atoms with E-state index in [1.165, 1.54) is 24.6 Å². The second-order valence-electron chi connectivity index (χ2n) is 7.04. The van der Waals surface area contributed by atoms with Crippen molar-refractivity contribution in [2.45, 2.75) is 37.2 Å². The molecule has 4 nitrogen and oxygen atoms in total. The lowest BCUT2D eigenvalue weighted by atomic mass is 10.1. The van der Waals surface area contributed by atoms with Gasteiger partial charge in [-0.1, -0.05) is 30.3 Å². The minimum absolute atomic E-state index is 0.0143. The SMILES string of the molecule is CC(C1CC1)N(Cc1ccccc1)C(=O)c1ccc2c(c1)NC(=O)CS2. The average molecular weight is 366 g/mol. The van der Waals surface area contributed by atoms with Gasteiger partial charge in [0.15, 0.2) is 0 Å². The maximum absolute atomic E-state index is 13.3. The molecule has 0 saturated heterocycles. The lowest BCUT2D eigenvalue weighted by Crippen LogP contribution is -2.39. The fourth-order valence-corrected chi connectivity index (χ4v) is 4.18. The Morgan fingerprint density at radius 2 is 2.00 bits per heavy atom. The fraction of sp³-hybridized carbons (Fsp3) is 0.333. The first-order chi connectivity index (χ1) is 12.6. The van der Waals surface area contributed by atoms with Gasteiger partial charge in [0.25, 0.3) is 5.91 Å². The standard InChI is InChI=1S/C21H22N2O2S/c1-14(16-7-8-16)23(12-15-5-3-2-4-6-15)21(25)17-9-10-19-18(11-17)22-20(24)13-26-19/h2-6,9-11,14,16H,7-8,12-13H2,1H3,(H,22,24). The summed E-state index contributed by atoms with van der Waals surface area (Å²) in [5, 5.41) is 2.88. The van der Waals surface area contributed by atoms with Crippen LogP contribution in [0.15, 0.2) is 53.4 Å². The number of hydrogen-bond acceptors (Lipinski definition) is 3. The number of nitrogens with zero attached hydrogens (tertiary/aromatic N) is 1. The van der Waals surface area contributed by atoms with Crippen molar-refractivity contribution in [2.24, 2.45) is 5.92 Å². The quantitative estimate of drug-likeness (QED) is 0.864. The number of rotatable bonds is 5. The molecule has 1 fully saturated rings. The number of benzene rings is 2. The van der Waals surface area contributed by atoms with Gasteiger partial charge in [-0.05, 0) is 49.4 Å². The van der Waals surface area contributed by atoms with Crippen LogP contribution < -0.4 is 5.32 Å². The third kappa shape index (κ3) is 3.63. The van der Waals surface area contributed by atoms with Crippen LogP contribution in [0.5, 0.6) is 0 Å². The molecule has 4 rings (SSSR count). The fourth-order valence-electron chi connectivity index (χ4n) is 3.40. The third-order valence-corrected chi connectivity index (χ3v) is 6.19. The van der Waals surface area contributed by atoms with Gasteiger partial charge in [0, 0.05) is 23.0 Å². The minimum atomic E-state index is -0.0143. The van der Waals surface area contributed by atoms with Crippen LogP contribution in [-0.2, 0) is 11.3 Å². The Morgan fingerprint density at radius 3 is 2.73 bits per heavy atom. The minimum Gasteiger partial charge on any atom is -0.331 e. The molecule has 134 valence electrons. The number of fused-ring (bicyclic) bond motifs is 1. The number of thioether (sulfide) groups is 1. The smallest absolute Gasteiger partial charge is 0.254 e. The van der Waals surface area contributed by atoms with E-state index < -0.39 is 0 Å². The Kier molecular flexibility index (Phi) is 4.72. The van der Waals surface area contributed by atoms with E-state index in [0.717, 1.165) is 16.1 Å². The first-order valence-electron chi connectivity index (χ1n) is 9.03. The van der Waals surface area contributed by atoms with Crippen LogP contribution in [0, 0.1) is 5.92 Å². The number of nitrogens with one attached hydrogen (secondary N) is 1. The van der Waals surface area contributed by atoms with Crippen LogP contribution in [-0.4, -0.2) is 28.5 Å². The summed E-state index contributed by atoms with van der Waals surface area (Å²) in [6, 6.07) is 16.0. The lowest BCUT2D eigenvalue weighted by molar-refractivity contribution is -0.113. The summed E-state index contributed by atoms with van der Waals surface area (Å²) >= 11 is 1.51. The maximum Gasteiger partial charge on any atom is 0.254 e. The predicted molar refractivity (Wildman–Crippen MR) is 104 cm³/mol. The number of hydrogen-bond donors (Lipinski definition) is 1. The van der Waals surface area contributed by atoms with Crippen molar-refractivity contribution in [3.8, 4) is 0 Å². The van der Waals surface area contributed by atoms with Crippen molar-refractivity contribution >= 4 is 29.3 Å². The number of anilines is 1. The summed E-state index contributed by atoms with van der Waals surface area (Å²) in [7, 11) is 0. The Morgan fingerprint density at radius 1 is 1.23 bits per heavy atom. The molecule has 0 aromatic heterocycles. The number of carbonyl (C=O) groups is 2. The molecule has 2 aliphatic rings. The van der Waals surface area contributed by atoms with E-state index in [9.17, 15) is 9.59 Å². The Hall–Kier alpha value is -2.27. The zero-order chi connectivity index (χ0) is 18.1. The molecule has 0 bridgehead atoms. The molecule has 1 atom stereocenters. The normalized spacial score (nSPS) is 17.2. The summed E-state index contributed by atoms with van der Waals surface area (Å²) in [6.07, 6.45) is 2.38. The van der Waals surface area contributed by atoms with Crippen molar-refractivity contribution in [2.75, 3.05) is 11.1 Å². The van der Waals surface area contributed by atoms with Gasteiger partial charge < -0.3 is 10.2 Å². The van der Waals surface area contributed by atoms with Gasteiger partial charge in [-0.15, -0.1) is 11.8 Å². The molecular formula is C21H22N2O2S. The van der Waals surface area contributed by atoms with Crippen LogP contribution in [0.3, 0.4) is 0 Å². The molecule has 1 N–H and O–H groups in total. The molecule has 0 radical (unpaired) electrons. The molecule has 2 aromatic carbocycles. The van der Waals surface area contributed by atoms with Crippen LogP contribution in [0.25, 0.3) is 0 Å². The summed E-state index contributed by atoms with van der Waals surface area (Å²) < 4.78 is 0. The van der Waals surface area contributed by atoms with E-state index in [-0.39, 0.29) is 17.9 Å². The van der Waals surface area contributed by atoms with E-state index in [1.807, 2.05) is 41.3 Å². The van der Waals surface area contributed by atoms with Gasteiger partial charge in [-0.2, -0.15) is 0 Å². The van der Waals surface area contributed by atoms with Crippen LogP contribution in [0.1, 0.15) is 35.7 Å². The predicted octanol–water partition coefficient (Wildman–Crippen LogP) is 4.17. The summed E-state index contributed by atoms with van der Waals surface area (Å²) in [5.41, 5.74) is 2.51. The topological polar surface area (TPSA) is 49.4 Å². The van der Waals surface area contributed by atoms with E-state index in [0.29, 0.717) is 23.8 Å². The number of amides is 2. The monoisotopic (exact) mass is 366 g/mol. The second kappa shape index (κ2) is 7.16. The molecule has 1 unspecified atom stereocenters. The zero-order valence-corrected chi connectivity index (χ0v) is 15.6. The second-order valence-corrected chi connectivity index (χ2v) is 8.06. The van der Waals surface area contributed by atoms with Crippen molar-refractivity contribution < 1.29 is 9.59 Å². The molecule has 1 aliphatic heterocycles. The molecule has 2 amide bonds. The summed E-state index contributed by atoms with van der Waals surface area (Å²) in [6.45, 7) is 2.75. The Bertz CT molecular complexity index is 833. The Balaban J connectivity index is 1.61. The molecule has 0 spiro atoms. The highest BCUT2D eigenvalue weighted by Gasteiger charge is 2.35. The molecule has 1 aliphatic carbocycles. The van der Waals surface area contributed by atoms with Gasteiger partial charge in [-0.25, -0.2) is 0 Å². The lowest BCUT2D eigenvalue weighted by Gasteiger charge is -2.30. The average Bonchev–Trinajstić information content (AvgIpc) is 3.50. The van der Waals surface area contributed by atoms with Crippen LogP contribution in [0.2, 0.25) is 0 Å². The van der Waals surface area contributed by atoms with E-state index in [1.54, 1.807) is 0 Å². The first kappa shape index (κ1) is 17.2. The van der Waals surface area contributed by atoms with Crippen LogP contribution >= 0.6 is 11.8 Å². The van der Waals surface area contributed by atoms with Gasteiger partial charge in [-0.3, -0.25) is 9.59 Å². The van der Waals surface area contributed by atoms with E-state index in [2.05, 4.69) is 24.4 Å². The molecule has 2 aromatic rings. The van der Waals surface area contributed by atoms with Crippen molar-refractivity contribution in [1.82, 2.24) is 4.90 Å². The molecule has 1 heterocycles. The molecule has 26 heavy (non-hydrogen) atoms. The van der Waals surface area contributed by atoms with Crippen molar-refractivity contribution in [1.29, 1.82) is 0 Å². The number of carbonyl (C=O) groups excluding carboxylic acids is 2. The molecule has 1 saturated carbocycles. The van der Waals surface area contributed by atoms with Gasteiger partial charge in [0.05, 0.1) is 11.4 Å². The summed E-state index contributed by atoms with van der Waals surface area (Å²) in [5.74, 6) is 1.04. The summed E-state index contributed by atoms with van der Waals surface area (Å²) in [4.78, 5) is 28.0. The largest absolute Gasteiger partial charge is 0.331 e. The highest BCUT2D eigenvalue weighted by atomic mass is 32.2. The highest BCUT2D eigenvalue weighted by molar-refractivity contribution is 8.00. The van der Waals surface area contributed by atoms with Crippen LogP contribution in [0.4, 0.5) is 5.69 Å². The third-order valence-electron chi connectivity index (χ3n) is 5.11. The molecular weight excluding hydrogens is 344 g/mol. The first-order valence-corrected chi connectivity index (χ1v) is 10.0. The Labute approximate surface area is 158 Å². The van der Waals surface area contributed by atoms with Gasteiger partial charge in [0.2, 0.25) is 5.91 Å². The maximum atomic E-state index is 13.3. The van der Waals surface area contributed by atoms with E-state index >= 15 is 0 Å². The highest BCUT2D eigenvalue weighted by Crippen LogP contribution is 2.37. The van der Waals surface area contributed by atoms with E-state index in [4.69, 9.17) is 0 Å². The van der Waals surface area contributed by atoms with Gasteiger partial charge in [0.1, 0.15) is 0 Å². The molecule has 5 heteroatoms. The van der Waals surface area contributed by atoms with Gasteiger partial charge >= 0.3 is 0 Å². The van der Waals surface area contributed by atoms with Crippen molar-refractivity contribution in [3.63, 3.8) is 0 Å². The zero-order valence-electron chi connectivity index (χ0n) is 14.8.